The summed E-state index contributed by atoms with van der Waals surface area (Å²) in [6, 6.07) is 0.872. The molecule has 1 amide bonds. The second-order valence-corrected chi connectivity index (χ2v) is 5.60. The van der Waals surface area contributed by atoms with Crippen LogP contribution in [0.1, 0.15) is 40.5 Å². The fourth-order valence-corrected chi connectivity index (χ4v) is 2.56. The SMILES string of the molecule is CC(C)N(C(=O)CN1CCC(N)CC1)C(C)C. The molecule has 0 atom stereocenters. The van der Waals surface area contributed by atoms with Crippen LogP contribution in [-0.4, -0.2) is 53.5 Å². The Labute approximate surface area is 105 Å². The van der Waals surface area contributed by atoms with Crippen LogP contribution in [0.3, 0.4) is 0 Å². The van der Waals surface area contributed by atoms with Gasteiger partial charge in [0.25, 0.3) is 0 Å². The number of rotatable bonds is 4. The van der Waals surface area contributed by atoms with Crippen LogP contribution >= 0.6 is 0 Å². The van der Waals surface area contributed by atoms with Crippen LogP contribution in [0.4, 0.5) is 0 Å². The van der Waals surface area contributed by atoms with E-state index in [-0.39, 0.29) is 18.0 Å². The molecule has 1 heterocycles. The topological polar surface area (TPSA) is 49.6 Å². The molecule has 0 radical (unpaired) electrons. The van der Waals surface area contributed by atoms with E-state index in [0.29, 0.717) is 12.6 Å². The molecule has 0 aromatic heterocycles. The lowest BCUT2D eigenvalue weighted by Crippen LogP contribution is -2.49. The molecular weight excluding hydrogens is 214 g/mol. The van der Waals surface area contributed by atoms with E-state index in [1.54, 1.807) is 0 Å². The van der Waals surface area contributed by atoms with E-state index in [9.17, 15) is 4.79 Å². The minimum atomic E-state index is 0.241. The minimum Gasteiger partial charge on any atom is -0.337 e. The van der Waals surface area contributed by atoms with Crippen molar-refractivity contribution < 1.29 is 4.79 Å². The van der Waals surface area contributed by atoms with Gasteiger partial charge in [0.1, 0.15) is 0 Å². The maximum atomic E-state index is 12.2. The summed E-state index contributed by atoms with van der Waals surface area (Å²) in [7, 11) is 0. The lowest BCUT2D eigenvalue weighted by atomic mass is 10.1. The molecule has 4 heteroatoms. The van der Waals surface area contributed by atoms with Gasteiger partial charge in [0.2, 0.25) is 5.91 Å². The van der Waals surface area contributed by atoms with E-state index in [4.69, 9.17) is 5.73 Å². The first kappa shape index (κ1) is 14.5. The zero-order valence-corrected chi connectivity index (χ0v) is 11.6. The molecule has 0 bridgehead atoms. The van der Waals surface area contributed by atoms with E-state index in [1.165, 1.54) is 0 Å². The Kier molecular flexibility index (Phi) is 5.40. The average molecular weight is 241 g/mol. The number of amides is 1. The zero-order chi connectivity index (χ0) is 13.0. The normalized spacial score (nSPS) is 19.0. The van der Waals surface area contributed by atoms with Crippen LogP contribution in [0, 0.1) is 0 Å². The van der Waals surface area contributed by atoms with Crippen molar-refractivity contribution in [3.05, 3.63) is 0 Å². The maximum absolute atomic E-state index is 12.2. The van der Waals surface area contributed by atoms with Gasteiger partial charge in [0.15, 0.2) is 0 Å². The number of carbonyl (C=O) groups is 1. The third-order valence-electron chi connectivity index (χ3n) is 3.39. The molecule has 1 saturated heterocycles. The Morgan fingerprint density at radius 2 is 1.71 bits per heavy atom. The van der Waals surface area contributed by atoms with E-state index >= 15 is 0 Å². The van der Waals surface area contributed by atoms with Crippen molar-refractivity contribution in [2.75, 3.05) is 19.6 Å². The third-order valence-corrected chi connectivity index (χ3v) is 3.39. The molecular formula is C13H27N3O. The van der Waals surface area contributed by atoms with Crippen LogP contribution in [0.25, 0.3) is 0 Å². The van der Waals surface area contributed by atoms with Gasteiger partial charge in [0.05, 0.1) is 6.54 Å². The zero-order valence-electron chi connectivity index (χ0n) is 11.6. The average Bonchev–Trinajstić information content (AvgIpc) is 2.20. The molecule has 0 saturated carbocycles. The molecule has 1 fully saturated rings. The molecule has 2 N–H and O–H groups in total. The summed E-state index contributed by atoms with van der Waals surface area (Å²) in [4.78, 5) is 16.4. The quantitative estimate of drug-likeness (QED) is 0.800. The first-order chi connectivity index (χ1) is 7.91. The van der Waals surface area contributed by atoms with Gasteiger partial charge in [-0.15, -0.1) is 0 Å². The summed E-state index contributed by atoms with van der Waals surface area (Å²) in [5, 5.41) is 0. The van der Waals surface area contributed by atoms with Gasteiger partial charge in [0, 0.05) is 31.2 Å². The molecule has 1 aliphatic rings. The molecule has 0 aliphatic carbocycles. The molecule has 0 unspecified atom stereocenters. The third kappa shape index (κ3) is 4.28. The summed E-state index contributed by atoms with van der Waals surface area (Å²) in [6.45, 7) is 10.7. The fraction of sp³-hybridized carbons (Fsp3) is 0.923. The van der Waals surface area contributed by atoms with E-state index < -0.39 is 0 Å². The number of likely N-dealkylation sites (tertiary alicyclic amines) is 1. The van der Waals surface area contributed by atoms with Gasteiger partial charge in [-0.2, -0.15) is 0 Å². The first-order valence-electron chi connectivity index (χ1n) is 6.71. The number of piperidine rings is 1. The predicted molar refractivity (Wildman–Crippen MR) is 70.8 cm³/mol. The van der Waals surface area contributed by atoms with Crippen LogP contribution in [0.15, 0.2) is 0 Å². The van der Waals surface area contributed by atoms with Gasteiger partial charge < -0.3 is 10.6 Å². The van der Waals surface area contributed by atoms with Crippen LogP contribution in [0.5, 0.6) is 0 Å². The van der Waals surface area contributed by atoms with Crippen molar-refractivity contribution in [1.82, 2.24) is 9.80 Å². The van der Waals surface area contributed by atoms with Crippen molar-refractivity contribution in [1.29, 1.82) is 0 Å². The van der Waals surface area contributed by atoms with Gasteiger partial charge >= 0.3 is 0 Å². The summed E-state index contributed by atoms with van der Waals surface area (Å²) in [5.74, 6) is 0.241. The van der Waals surface area contributed by atoms with E-state index in [1.807, 2.05) is 4.90 Å². The van der Waals surface area contributed by atoms with Crippen molar-refractivity contribution in [2.24, 2.45) is 5.73 Å². The molecule has 0 aromatic carbocycles. The van der Waals surface area contributed by atoms with Crippen molar-refractivity contribution in [2.45, 2.75) is 58.7 Å². The van der Waals surface area contributed by atoms with Gasteiger partial charge in [-0.3, -0.25) is 9.69 Å². The number of nitrogens with zero attached hydrogens (tertiary/aromatic N) is 2. The predicted octanol–water partition coefficient (Wildman–Crippen LogP) is 1.05. The summed E-state index contributed by atoms with van der Waals surface area (Å²) in [6.07, 6.45) is 2.02. The molecule has 0 spiro atoms. The molecule has 17 heavy (non-hydrogen) atoms. The summed E-state index contributed by atoms with van der Waals surface area (Å²) in [5.41, 5.74) is 5.86. The number of nitrogens with two attached hydrogens (primary N) is 1. The van der Waals surface area contributed by atoms with E-state index in [2.05, 4.69) is 32.6 Å². The Morgan fingerprint density at radius 3 is 2.12 bits per heavy atom. The molecule has 4 nitrogen and oxygen atoms in total. The smallest absolute Gasteiger partial charge is 0.237 e. The Bertz CT molecular complexity index is 237. The Hall–Kier alpha value is -0.610. The second-order valence-electron chi connectivity index (χ2n) is 5.60. The van der Waals surface area contributed by atoms with Crippen molar-refractivity contribution >= 4 is 5.91 Å². The summed E-state index contributed by atoms with van der Waals surface area (Å²) < 4.78 is 0. The van der Waals surface area contributed by atoms with Crippen LogP contribution in [-0.2, 0) is 4.79 Å². The Balaban J connectivity index is 2.47. The highest BCUT2D eigenvalue weighted by atomic mass is 16.2. The van der Waals surface area contributed by atoms with Gasteiger partial charge in [-0.25, -0.2) is 0 Å². The van der Waals surface area contributed by atoms with E-state index in [0.717, 1.165) is 25.9 Å². The van der Waals surface area contributed by atoms with Gasteiger partial charge in [-0.05, 0) is 40.5 Å². The highest BCUT2D eigenvalue weighted by Gasteiger charge is 2.24. The standard InChI is InChI=1S/C13H27N3O/c1-10(2)16(11(3)4)13(17)9-15-7-5-12(14)6-8-15/h10-12H,5-9,14H2,1-4H3. The Morgan fingerprint density at radius 1 is 1.24 bits per heavy atom. The monoisotopic (exact) mass is 241 g/mol. The van der Waals surface area contributed by atoms with Crippen LogP contribution in [0.2, 0.25) is 0 Å². The number of carbonyl (C=O) groups excluding carboxylic acids is 1. The molecule has 100 valence electrons. The van der Waals surface area contributed by atoms with Gasteiger partial charge in [-0.1, -0.05) is 0 Å². The largest absolute Gasteiger partial charge is 0.337 e. The fourth-order valence-electron chi connectivity index (χ4n) is 2.56. The number of hydrogen-bond acceptors (Lipinski definition) is 3. The minimum absolute atomic E-state index is 0.241. The highest BCUT2D eigenvalue weighted by Crippen LogP contribution is 2.11. The lowest BCUT2D eigenvalue weighted by Gasteiger charge is -2.35. The maximum Gasteiger partial charge on any atom is 0.237 e. The molecule has 1 rings (SSSR count). The first-order valence-corrected chi connectivity index (χ1v) is 6.71. The van der Waals surface area contributed by atoms with Crippen LogP contribution < -0.4 is 5.73 Å². The second kappa shape index (κ2) is 6.36. The highest BCUT2D eigenvalue weighted by molar-refractivity contribution is 5.78. The van der Waals surface area contributed by atoms with Crippen molar-refractivity contribution in [3.8, 4) is 0 Å². The summed E-state index contributed by atoms with van der Waals surface area (Å²) >= 11 is 0. The number of hydrogen-bond donors (Lipinski definition) is 1. The molecule has 0 aromatic rings. The lowest BCUT2D eigenvalue weighted by molar-refractivity contribution is -0.136. The molecule has 1 aliphatic heterocycles. The van der Waals surface area contributed by atoms with Crippen molar-refractivity contribution in [3.63, 3.8) is 0 Å².